The van der Waals surface area contributed by atoms with Crippen LogP contribution in [0, 0.1) is 11.3 Å². The van der Waals surface area contributed by atoms with E-state index in [1.165, 1.54) is 55.9 Å². The fourth-order valence-corrected chi connectivity index (χ4v) is 10.2. The number of hydrogen-bond acceptors (Lipinski definition) is 35. The van der Waals surface area contributed by atoms with Gasteiger partial charge in [0.25, 0.3) is 0 Å². The number of aliphatic hydroxyl groups excluding tert-OH is 1. The third kappa shape index (κ3) is 49.7. The van der Waals surface area contributed by atoms with Gasteiger partial charge in [-0.1, -0.05) is 50.4 Å². The summed E-state index contributed by atoms with van der Waals surface area (Å²) < 4.78 is 87.4. The molecule has 8 heterocycles. The van der Waals surface area contributed by atoms with Crippen molar-refractivity contribution in [2.24, 2.45) is 31.2 Å². The average Bonchev–Trinajstić information content (AvgIpc) is 0.816. The van der Waals surface area contributed by atoms with Crippen molar-refractivity contribution >= 4 is 185 Å². The molecule has 0 saturated carbocycles. The van der Waals surface area contributed by atoms with Crippen LogP contribution in [-0.4, -0.2) is 254 Å². The Labute approximate surface area is 793 Å². The number of pyridine rings is 7. The molecule has 0 fully saturated rings. The van der Waals surface area contributed by atoms with Gasteiger partial charge in [0.05, 0.1) is 104 Å². The largest absolute Gasteiger partial charge is 1.00 e. The molecule has 0 spiro atoms. The number of carbonyl (C=O) groups is 1. The summed E-state index contributed by atoms with van der Waals surface area (Å²) in [5, 5.41) is 53.7. The Morgan fingerprint density at radius 3 is 1.39 bits per heavy atom. The molecule has 50 heteroatoms. The zero-order valence-electron chi connectivity index (χ0n) is 65.1. The second-order valence-corrected chi connectivity index (χ2v) is 27.3. The maximum Gasteiger partial charge on any atom is 1.00 e. The molecule has 8 rings (SSSR count). The number of nitriles is 1. The fraction of sp³-hybridized carbons (Fsp3) is 0.373. The number of nitrogens with one attached hydrogen (secondary N) is 2. The fourth-order valence-electron chi connectivity index (χ4n) is 7.02. The van der Waals surface area contributed by atoms with E-state index in [-0.39, 0.29) is 94.3 Å². The van der Waals surface area contributed by atoms with Gasteiger partial charge in [0.15, 0.2) is 48.1 Å². The number of nitrogens with two attached hydrogens (primary N) is 1. The number of hydrogen-bond donors (Lipinski definition) is 9. The Bertz CT molecular complexity index is 4290. The van der Waals surface area contributed by atoms with Crippen LogP contribution in [0.1, 0.15) is 79.8 Å². The number of hydroxylamine groups is 2. The number of aromatic nitrogens is 7. The van der Waals surface area contributed by atoms with E-state index in [0.29, 0.717) is 130 Å². The Hall–Kier alpha value is -5.72. The van der Waals surface area contributed by atoms with Gasteiger partial charge in [-0.3, -0.25) is 39.4 Å². The number of aliphatic imine (C=N–C) groups is 2. The molecule has 1 aliphatic rings. The van der Waals surface area contributed by atoms with Gasteiger partial charge < -0.3 is 83.8 Å². The predicted octanol–water partition coefficient (Wildman–Crippen LogP) is 9.62. The SMILES string of the molecule is C.CCOC(C)CONC(=NC)c1ccc(Br)c(OC)n1.CCOC(CBr)OCC.CN.CN=C(NO)c1ccc(Br)c(OC)n1.COc1nc(/C(Cl)=N/O)ccc1Br.COc1nc(/C=N/O)ccc1Br.COc1nc(C#N)ccc1Br.COc1nc(C2=NOCC(O)N2C)ccc1Br.COc1nc(C=O)ccc1Br.O=S(=O)(O)O.[K+].[OH-]. The van der Waals surface area contributed by atoms with E-state index in [9.17, 15) is 9.90 Å². The number of halogens is 9. The summed E-state index contributed by atoms with van der Waals surface area (Å²) in [5.41, 5.74) is 12.6. The molecule has 0 aliphatic carbocycles. The third-order valence-corrected chi connectivity index (χ3v) is 17.0. The molecule has 7 aromatic heterocycles. The number of amidine groups is 3. The van der Waals surface area contributed by atoms with E-state index in [1.807, 2.05) is 51.4 Å². The van der Waals surface area contributed by atoms with E-state index >= 15 is 0 Å². The molecule has 0 radical (unpaired) electrons. The number of methoxy groups -OCH3 is 7. The van der Waals surface area contributed by atoms with Crippen molar-refractivity contribution < 1.29 is 157 Å². The van der Waals surface area contributed by atoms with E-state index < -0.39 is 16.6 Å². The predicted molar refractivity (Wildman–Crippen MR) is 463 cm³/mol. The minimum atomic E-state index is -4.67. The van der Waals surface area contributed by atoms with Crippen LogP contribution in [0.2, 0.25) is 0 Å². The minimum Gasteiger partial charge on any atom is -0.870 e. The zero-order chi connectivity index (χ0) is 86.9. The first-order valence-electron chi connectivity index (χ1n) is 31.7. The van der Waals surface area contributed by atoms with E-state index in [4.69, 9.17) is 107 Å². The standard InChI is InChI=1S/C13H20BrN3O3.C10H12BrN3O3.C8H10BrN3O2.C7H6BrClN2O2.C7H7BrN2O2.C7H5BrN2O.C7H6BrNO2.C6H13BrO2.CH5N.CH4.K.H2O4S.H2O/c1-5-19-9(2)8-20-17-12(15-3)11-7-6-10(14)13(16-11)18-4;1-14-8(15)5-17-13-9(14)7-4-3-6(11)10(12-7)16-2;1-10-7(12-13)6-4-3-5(9)8(11-6)14-2;1-13-7-4(8)2-3-5(10-7)6(9)11-12;1-12-7-6(8)3-2-5(10-7)4-9-11;1-11-7-6(8)3-2-5(4-9)10-7;1-11-7-6(8)3-2-5(4-10)9-7;1-3-8-6(5-7)9-4-2;1-2;;;1-5(2,3)4;/h6-7,9H,5,8H2,1-4H3,(H,15,17);3-4,8,15H,5H2,1-2H3;3-4,13H,1-2H3,(H,10,12);2-3,12H,1H3;2-4,11H,1H3;2-3H,1H3;2-4H,1H3;6H,3-5H2,1-2H3;2H2,1H3;1H4;;(H2,1,2,3,4);1H2/q;;;;;;;;;;+1;;/p-1/b;;;11-6-;9-4+;;;;;;;;. The number of aliphatic hydroxyl groups is 1. The first-order valence-corrected chi connectivity index (χ1v) is 40.1. The van der Waals surface area contributed by atoms with Crippen LogP contribution < -0.4 is 101 Å². The van der Waals surface area contributed by atoms with Crippen LogP contribution >= 0.6 is 139 Å². The van der Waals surface area contributed by atoms with Crippen molar-refractivity contribution in [1.29, 1.82) is 5.26 Å². The van der Waals surface area contributed by atoms with E-state index in [1.54, 1.807) is 106 Å². The van der Waals surface area contributed by atoms with Crippen LogP contribution in [0.4, 0.5) is 0 Å². The van der Waals surface area contributed by atoms with Gasteiger partial charge in [0.2, 0.25) is 41.2 Å². The molecule has 646 valence electrons. The van der Waals surface area contributed by atoms with E-state index in [0.717, 1.165) is 32.2 Å². The van der Waals surface area contributed by atoms with Gasteiger partial charge in [-0.2, -0.15) is 13.7 Å². The number of aldehydes is 1. The topological polar surface area (TPSA) is 542 Å². The number of likely N-dealkylation sites (N-methyl/N-ethyl adjacent to an activating group) is 1. The summed E-state index contributed by atoms with van der Waals surface area (Å²) in [6.07, 6.45) is 1.13. The number of alkyl halides is 1. The van der Waals surface area contributed by atoms with Gasteiger partial charge in [0, 0.05) is 41.0 Å². The normalized spacial score (nSPS) is 11.9. The third-order valence-electron chi connectivity index (χ3n) is 12.0. The minimum absolute atomic E-state index is 0. The van der Waals surface area contributed by atoms with Crippen LogP contribution in [0.15, 0.2) is 142 Å². The Kier molecular flexibility index (Phi) is 72.6. The summed E-state index contributed by atoms with van der Waals surface area (Å²) in [7, 11) is 12.4. The van der Waals surface area contributed by atoms with Crippen LogP contribution in [0.5, 0.6) is 41.2 Å². The van der Waals surface area contributed by atoms with Crippen molar-refractivity contribution in [3.63, 3.8) is 0 Å². The average molecular weight is 2230 g/mol. The summed E-state index contributed by atoms with van der Waals surface area (Å²) in [4.78, 5) is 58.5. The summed E-state index contributed by atoms with van der Waals surface area (Å²) >= 11 is 31.7. The second kappa shape index (κ2) is 70.9. The molecule has 11 N–H and O–H groups in total. The number of ether oxygens (including phenoxy) is 10. The summed E-state index contributed by atoms with van der Waals surface area (Å²) in [6.45, 7) is 10.4. The summed E-state index contributed by atoms with van der Waals surface area (Å²) in [5.74, 6) is 4.39. The Morgan fingerprint density at radius 1 is 0.641 bits per heavy atom. The molecule has 0 aromatic carbocycles. The molecule has 0 amide bonds. The van der Waals surface area contributed by atoms with Crippen molar-refractivity contribution in [1.82, 2.24) is 50.7 Å². The van der Waals surface area contributed by atoms with Crippen LogP contribution in [-0.2, 0) is 34.3 Å². The first kappa shape index (κ1) is 120. The molecule has 39 nitrogen and oxygen atoms in total. The van der Waals surface area contributed by atoms with Gasteiger partial charge >= 0.3 is 61.8 Å². The number of carbonyl (C=O) groups excluding carboxylic acids is 1. The van der Waals surface area contributed by atoms with Crippen LogP contribution in [0.25, 0.3) is 0 Å². The van der Waals surface area contributed by atoms with Crippen LogP contribution in [0.3, 0.4) is 0 Å². The molecule has 0 bridgehead atoms. The van der Waals surface area contributed by atoms with Gasteiger partial charge in [0.1, 0.15) is 46.8 Å². The zero-order valence-corrected chi connectivity index (χ0v) is 82.5. The molecule has 0 saturated heterocycles. The first-order chi connectivity index (χ1) is 54.3. The summed E-state index contributed by atoms with van der Waals surface area (Å²) in [6, 6.07) is 26.1. The number of oxime groups is 3. The number of rotatable bonds is 23. The Balaban J connectivity index is -0.000000406. The quantitative estimate of drug-likeness (QED) is 0.00331. The second-order valence-electron chi connectivity index (χ2n) is 19.4. The monoisotopic (exact) mass is 2220 g/mol. The molecule has 1 aliphatic heterocycles. The van der Waals surface area contributed by atoms with Gasteiger partial charge in [-0.25, -0.2) is 40.4 Å². The van der Waals surface area contributed by atoms with Crippen molar-refractivity contribution in [2.75, 3.05) is 116 Å². The number of nitrogens with zero attached hydrogens (tertiary/aromatic N) is 14. The Morgan fingerprint density at radius 2 is 1.01 bits per heavy atom. The molecule has 2 atom stereocenters. The van der Waals surface area contributed by atoms with Crippen molar-refractivity contribution in [3.8, 4) is 47.2 Å². The van der Waals surface area contributed by atoms with Crippen molar-refractivity contribution in [2.45, 2.75) is 53.7 Å². The molecule has 117 heavy (non-hydrogen) atoms. The molecule has 7 aromatic rings. The maximum absolute atomic E-state index is 10.3. The molecule has 2 unspecified atom stereocenters. The molecular weight excluding hydrogens is 2140 g/mol. The smallest absolute Gasteiger partial charge is 0.870 e. The molecular formula is C67H91Br8ClKN17O22S. The van der Waals surface area contributed by atoms with Gasteiger partial charge in [-0.15, -0.1) is 0 Å². The maximum atomic E-state index is 10.3. The van der Waals surface area contributed by atoms with Gasteiger partial charge in [-0.05, 0) is 231 Å². The van der Waals surface area contributed by atoms with Crippen molar-refractivity contribution in [3.05, 3.63) is 156 Å². The van der Waals surface area contributed by atoms with E-state index in [2.05, 4.69) is 199 Å².